The summed E-state index contributed by atoms with van der Waals surface area (Å²) in [4.78, 5) is 21.1. The number of H-pyrrole nitrogens is 1. The third kappa shape index (κ3) is 3.64. The van der Waals surface area contributed by atoms with Gasteiger partial charge in [-0.25, -0.2) is 4.98 Å². The minimum Gasteiger partial charge on any atom is -0.493 e. The number of nitrogens with two attached hydrogens (primary N) is 1. The van der Waals surface area contributed by atoms with Gasteiger partial charge in [-0.05, 0) is 73.4 Å². The average molecular weight is 445 g/mol. The number of benzene rings is 2. The van der Waals surface area contributed by atoms with E-state index in [9.17, 15) is 4.79 Å². The Bertz CT molecular complexity index is 1440. The van der Waals surface area contributed by atoms with Crippen LogP contribution >= 0.6 is 0 Å². The van der Waals surface area contributed by atoms with E-state index in [2.05, 4.69) is 14.9 Å². The summed E-state index contributed by atoms with van der Waals surface area (Å²) in [5, 5.41) is 1.42. The number of hydrogen-bond donors (Lipinski definition) is 2. The first-order valence-electron chi connectivity index (χ1n) is 10.9. The molecule has 0 amide bonds. The zero-order chi connectivity index (χ0) is 23.3. The van der Waals surface area contributed by atoms with Crippen molar-refractivity contribution in [3.63, 3.8) is 0 Å². The molecule has 0 saturated carbocycles. The first kappa shape index (κ1) is 21.2. The maximum absolute atomic E-state index is 15.0. The minimum absolute atomic E-state index is 0.102. The molecule has 3 heterocycles. The molecule has 0 fully saturated rings. The molecule has 0 unspecified atom stereocenters. The second-order valence-electron chi connectivity index (χ2n) is 8.69. The van der Waals surface area contributed by atoms with Crippen LogP contribution in [-0.4, -0.2) is 35.6 Å². The SMILES string of the molecule is Cc1c[nH]c(=O)c2ccc(-c3cc(-c4ccc5c(c4)[C@H](N(C)C)CCO5)c(F)nc3N)cc12. The number of ether oxygens (including phenoxy) is 1. The second kappa shape index (κ2) is 8.01. The smallest absolute Gasteiger partial charge is 0.255 e. The molecule has 0 radical (unpaired) electrons. The standard InChI is InChI=1S/C26H25FN4O2/c1-14-13-29-26(32)17-6-4-16(10-18(14)17)20-12-19(24(27)30-25(20)28)15-5-7-23-21(11-15)22(31(2)3)8-9-33-23/h4-7,10-13,22H,8-9H2,1-3H3,(H2,28,30)(H,29,32)/t22-/m1/s1. The van der Waals surface area contributed by atoms with Gasteiger partial charge in [0.05, 0.1) is 6.61 Å². The zero-order valence-corrected chi connectivity index (χ0v) is 18.8. The fourth-order valence-electron chi connectivity index (χ4n) is 4.58. The Hall–Kier alpha value is -3.71. The number of pyridine rings is 2. The third-order valence-corrected chi connectivity index (χ3v) is 6.38. The molecule has 33 heavy (non-hydrogen) atoms. The van der Waals surface area contributed by atoms with Crippen molar-refractivity contribution in [2.24, 2.45) is 0 Å². The first-order valence-corrected chi connectivity index (χ1v) is 10.9. The van der Waals surface area contributed by atoms with E-state index in [1.807, 2.05) is 51.4 Å². The number of hydrogen-bond acceptors (Lipinski definition) is 5. The Labute approximate surface area is 190 Å². The summed E-state index contributed by atoms with van der Waals surface area (Å²) in [5.74, 6) is 0.302. The highest BCUT2D eigenvalue weighted by atomic mass is 19.1. The lowest BCUT2D eigenvalue weighted by Gasteiger charge is -2.31. The summed E-state index contributed by atoms with van der Waals surface area (Å²) in [6, 6.07) is 13.1. The molecule has 3 N–H and O–H groups in total. The molecule has 168 valence electrons. The molecule has 0 bridgehead atoms. The van der Waals surface area contributed by atoms with Gasteiger partial charge in [-0.3, -0.25) is 4.79 Å². The predicted molar refractivity (Wildman–Crippen MR) is 129 cm³/mol. The summed E-state index contributed by atoms with van der Waals surface area (Å²) < 4.78 is 20.8. The molecular weight excluding hydrogens is 419 g/mol. The fraction of sp³-hybridized carbons (Fsp3) is 0.231. The number of rotatable bonds is 3. The predicted octanol–water partition coefficient (Wildman–Crippen LogP) is 4.67. The molecule has 0 aliphatic carbocycles. The quantitative estimate of drug-likeness (QED) is 0.449. The van der Waals surface area contributed by atoms with Crippen molar-refractivity contribution in [1.29, 1.82) is 0 Å². The van der Waals surface area contributed by atoms with Crippen LogP contribution < -0.4 is 16.0 Å². The van der Waals surface area contributed by atoms with E-state index in [1.165, 1.54) is 0 Å². The summed E-state index contributed by atoms with van der Waals surface area (Å²) in [6.07, 6.45) is 2.55. The maximum Gasteiger partial charge on any atom is 0.255 e. The van der Waals surface area contributed by atoms with Crippen molar-refractivity contribution in [2.45, 2.75) is 19.4 Å². The van der Waals surface area contributed by atoms with Gasteiger partial charge in [0.25, 0.3) is 5.56 Å². The highest BCUT2D eigenvalue weighted by Gasteiger charge is 2.24. The third-order valence-electron chi connectivity index (χ3n) is 6.38. The molecule has 2 aromatic heterocycles. The monoisotopic (exact) mass is 444 g/mol. The van der Waals surface area contributed by atoms with Crippen molar-refractivity contribution >= 4 is 16.6 Å². The van der Waals surface area contributed by atoms with E-state index >= 15 is 4.39 Å². The Morgan fingerprint density at radius 1 is 1.09 bits per heavy atom. The van der Waals surface area contributed by atoms with Crippen LogP contribution in [-0.2, 0) is 0 Å². The van der Waals surface area contributed by atoms with Gasteiger partial charge in [-0.15, -0.1) is 0 Å². The van der Waals surface area contributed by atoms with Crippen molar-refractivity contribution in [2.75, 3.05) is 26.4 Å². The highest BCUT2D eigenvalue weighted by Crippen LogP contribution is 2.39. The topological polar surface area (TPSA) is 84.2 Å². The number of aromatic nitrogens is 2. The molecular formula is C26H25FN4O2. The Balaban J connectivity index is 1.65. The van der Waals surface area contributed by atoms with Crippen LogP contribution in [0, 0.1) is 12.9 Å². The van der Waals surface area contributed by atoms with E-state index in [0.29, 0.717) is 28.7 Å². The highest BCUT2D eigenvalue weighted by molar-refractivity contribution is 5.91. The number of aromatic amines is 1. The van der Waals surface area contributed by atoms with Gasteiger partial charge in [0.15, 0.2) is 0 Å². The number of nitrogen functional groups attached to an aromatic ring is 1. The largest absolute Gasteiger partial charge is 0.493 e. The summed E-state index contributed by atoms with van der Waals surface area (Å²) >= 11 is 0. The van der Waals surface area contributed by atoms with E-state index < -0.39 is 5.95 Å². The number of halogens is 1. The van der Waals surface area contributed by atoms with Crippen LogP contribution in [0.1, 0.15) is 23.6 Å². The second-order valence-corrected chi connectivity index (χ2v) is 8.69. The van der Waals surface area contributed by atoms with Crippen LogP contribution in [0.5, 0.6) is 5.75 Å². The van der Waals surface area contributed by atoms with Gasteiger partial charge >= 0.3 is 0 Å². The molecule has 0 spiro atoms. The molecule has 4 aromatic rings. The van der Waals surface area contributed by atoms with Gasteiger partial charge in [0.2, 0.25) is 5.95 Å². The first-order chi connectivity index (χ1) is 15.8. The number of aryl methyl sites for hydroxylation is 1. The molecule has 1 aliphatic rings. The summed E-state index contributed by atoms with van der Waals surface area (Å²) in [6.45, 7) is 2.58. The molecule has 0 saturated heterocycles. The molecule has 1 aliphatic heterocycles. The van der Waals surface area contributed by atoms with Crippen molar-refractivity contribution < 1.29 is 9.13 Å². The number of nitrogens with one attached hydrogen (secondary N) is 1. The number of fused-ring (bicyclic) bond motifs is 2. The lowest BCUT2D eigenvalue weighted by Crippen LogP contribution is -2.26. The Morgan fingerprint density at radius 2 is 1.85 bits per heavy atom. The number of nitrogens with zero attached hydrogens (tertiary/aromatic N) is 2. The molecule has 2 aromatic carbocycles. The van der Waals surface area contributed by atoms with Crippen LogP contribution in [0.15, 0.2) is 53.5 Å². The van der Waals surface area contributed by atoms with E-state index in [4.69, 9.17) is 10.5 Å². The van der Waals surface area contributed by atoms with Crippen molar-refractivity contribution in [3.05, 3.63) is 76.1 Å². The average Bonchev–Trinajstić information content (AvgIpc) is 2.80. The van der Waals surface area contributed by atoms with Crippen LogP contribution in [0.25, 0.3) is 33.0 Å². The summed E-state index contributed by atoms with van der Waals surface area (Å²) in [5.41, 5.74) is 10.4. The Kier molecular flexibility index (Phi) is 5.13. The molecule has 6 nitrogen and oxygen atoms in total. The molecule has 5 rings (SSSR count). The van der Waals surface area contributed by atoms with E-state index in [1.54, 1.807) is 18.3 Å². The van der Waals surface area contributed by atoms with E-state index in [0.717, 1.165) is 34.2 Å². The molecule has 7 heteroatoms. The van der Waals surface area contributed by atoms with Gasteiger partial charge < -0.3 is 20.4 Å². The zero-order valence-electron chi connectivity index (χ0n) is 18.8. The van der Waals surface area contributed by atoms with Crippen LogP contribution in [0.2, 0.25) is 0 Å². The van der Waals surface area contributed by atoms with Gasteiger partial charge in [-0.2, -0.15) is 4.39 Å². The fourth-order valence-corrected chi connectivity index (χ4v) is 4.58. The van der Waals surface area contributed by atoms with E-state index in [-0.39, 0.29) is 17.4 Å². The van der Waals surface area contributed by atoms with Gasteiger partial charge in [0.1, 0.15) is 11.6 Å². The van der Waals surface area contributed by atoms with Crippen LogP contribution in [0.4, 0.5) is 10.2 Å². The number of anilines is 1. The molecule has 1 atom stereocenters. The Morgan fingerprint density at radius 3 is 2.64 bits per heavy atom. The normalized spacial score (nSPS) is 15.5. The van der Waals surface area contributed by atoms with Crippen molar-refractivity contribution in [1.82, 2.24) is 14.9 Å². The van der Waals surface area contributed by atoms with Gasteiger partial charge in [0, 0.05) is 40.7 Å². The summed E-state index contributed by atoms with van der Waals surface area (Å²) in [7, 11) is 4.06. The van der Waals surface area contributed by atoms with Crippen LogP contribution in [0.3, 0.4) is 0 Å². The lowest BCUT2D eigenvalue weighted by molar-refractivity contribution is 0.190. The van der Waals surface area contributed by atoms with Crippen molar-refractivity contribution in [3.8, 4) is 28.0 Å². The maximum atomic E-state index is 15.0. The van der Waals surface area contributed by atoms with Gasteiger partial charge in [-0.1, -0.05) is 12.1 Å². The lowest BCUT2D eigenvalue weighted by atomic mass is 9.93. The minimum atomic E-state index is -0.622.